The van der Waals surface area contributed by atoms with E-state index in [4.69, 9.17) is 9.72 Å². The lowest BCUT2D eigenvalue weighted by Gasteiger charge is -2.15. The van der Waals surface area contributed by atoms with Crippen molar-refractivity contribution in [2.24, 2.45) is 0 Å². The molecule has 0 saturated heterocycles. The van der Waals surface area contributed by atoms with Gasteiger partial charge in [-0.1, -0.05) is 17.8 Å². The van der Waals surface area contributed by atoms with Crippen LogP contribution in [0.4, 0.5) is 0 Å². The average Bonchev–Trinajstić information content (AvgIpc) is 2.92. The lowest BCUT2D eigenvalue weighted by molar-refractivity contribution is -0.120. The summed E-state index contributed by atoms with van der Waals surface area (Å²) in [6.07, 6.45) is 2.36. The van der Waals surface area contributed by atoms with Gasteiger partial charge in [-0.15, -0.1) is 17.9 Å². The summed E-state index contributed by atoms with van der Waals surface area (Å²) in [4.78, 5) is 31.9. The van der Waals surface area contributed by atoms with Crippen LogP contribution in [0.25, 0.3) is 10.2 Å². The summed E-state index contributed by atoms with van der Waals surface area (Å²) in [6.45, 7) is 13.5. The van der Waals surface area contributed by atoms with E-state index < -0.39 is 0 Å². The Hall–Kier alpha value is -1.64. The van der Waals surface area contributed by atoms with Gasteiger partial charge in [0.2, 0.25) is 5.91 Å². The zero-order chi connectivity index (χ0) is 20.0. The molecule has 1 atom stereocenters. The summed E-state index contributed by atoms with van der Waals surface area (Å²) in [6, 6.07) is 0. The average molecular weight is 410 g/mol. The Bertz CT molecular complexity index is 873. The van der Waals surface area contributed by atoms with E-state index in [-0.39, 0.29) is 16.7 Å². The Morgan fingerprint density at radius 3 is 2.89 bits per heavy atom. The lowest BCUT2D eigenvalue weighted by atomic mass is 10.2. The van der Waals surface area contributed by atoms with E-state index in [9.17, 15) is 9.59 Å². The van der Waals surface area contributed by atoms with Crippen LogP contribution in [0.1, 0.15) is 30.7 Å². The van der Waals surface area contributed by atoms with Gasteiger partial charge in [-0.3, -0.25) is 14.2 Å². The number of thioether (sulfide) groups is 1. The van der Waals surface area contributed by atoms with Crippen LogP contribution < -0.4 is 10.9 Å². The topological polar surface area (TPSA) is 73.2 Å². The van der Waals surface area contributed by atoms with E-state index in [1.54, 1.807) is 10.6 Å². The van der Waals surface area contributed by atoms with Gasteiger partial charge in [0.1, 0.15) is 4.83 Å². The third-order valence-electron chi connectivity index (χ3n) is 4.20. The van der Waals surface area contributed by atoms with E-state index in [1.165, 1.54) is 23.1 Å². The van der Waals surface area contributed by atoms with E-state index in [2.05, 4.69) is 11.9 Å². The molecule has 27 heavy (non-hydrogen) atoms. The van der Waals surface area contributed by atoms with Crippen molar-refractivity contribution in [3.05, 3.63) is 33.4 Å². The van der Waals surface area contributed by atoms with E-state index in [0.717, 1.165) is 15.3 Å². The molecule has 1 amide bonds. The fourth-order valence-electron chi connectivity index (χ4n) is 2.59. The van der Waals surface area contributed by atoms with Crippen LogP contribution in [-0.4, -0.2) is 40.5 Å². The zero-order valence-corrected chi connectivity index (χ0v) is 18.0. The Morgan fingerprint density at radius 2 is 2.22 bits per heavy atom. The maximum Gasteiger partial charge on any atom is 0.263 e. The number of aryl methyl sites for hydroxylation is 2. The number of aromatic nitrogens is 2. The largest absolute Gasteiger partial charge is 0.382 e. The molecule has 0 aliphatic heterocycles. The summed E-state index contributed by atoms with van der Waals surface area (Å²) in [5.74, 6) is -0.103. The maximum absolute atomic E-state index is 13.1. The van der Waals surface area contributed by atoms with E-state index >= 15 is 0 Å². The highest BCUT2D eigenvalue weighted by atomic mass is 32.2. The second-order valence-corrected chi connectivity index (χ2v) is 8.67. The molecular formula is C19H27N3O3S2. The fraction of sp³-hybridized carbons (Fsp3) is 0.526. The van der Waals surface area contributed by atoms with Gasteiger partial charge in [-0.2, -0.15) is 0 Å². The minimum absolute atomic E-state index is 0.0421. The number of ether oxygens (including phenoxy) is 1. The fourth-order valence-corrected chi connectivity index (χ4v) is 4.62. The molecule has 0 aliphatic rings. The van der Waals surface area contributed by atoms with Crippen LogP contribution in [0.3, 0.4) is 0 Å². The highest BCUT2D eigenvalue weighted by Gasteiger charge is 2.21. The SMILES string of the molecule is C=CCNC(=O)[C@@H](C)Sc1nc2sc(C)c(C)c2c(=O)n1CCCOCC. The first-order chi connectivity index (χ1) is 12.9. The summed E-state index contributed by atoms with van der Waals surface area (Å²) in [5, 5.41) is 3.68. The molecule has 0 unspecified atom stereocenters. The Kier molecular flexibility index (Phi) is 8.07. The third-order valence-corrected chi connectivity index (χ3v) is 6.39. The van der Waals surface area contributed by atoms with Gasteiger partial charge in [0, 0.05) is 31.2 Å². The minimum atomic E-state index is -0.366. The Balaban J connectivity index is 2.37. The van der Waals surface area contributed by atoms with Crippen LogP contribution in [0.5, 0.6) is 0 Å². The number of hydrogen-bond acceptors (Lipinski definition) is 6. The summed E-state index contributed by atoms with van der Waals surface area (Å²) < 4.78 is 7.08. The smallest absolute Gasteiger partial charge is 0.263 e. The van der Waals surface area contributed by atoms with Crippen LogP contribution in [0, 0.1) is 13.8 Å². The minimum Gasteiger partial charge on any atom is -0.382 e. The van der Waals surface area contributed by atoms with Gasteiger partial charge in [-0.25, -0.2) is 4.98 Å². The molecule has 0 radical (unpaired) electrons. The number of carbonyl (C=O) groups is 1. The standard InChI is InChI=1S/C19H27N3O3S2/c1-6-9-20-16(23)14(5)27-19-21-17-15(12(3)13(4)26-17)18(24)22(19)10-8-11-25-7-2/h6,14H,1,7-11H2,2-5H3,(H,20,23)/t14-/m1/s1. The first-order valence-electron chi connectivity index (χ1n) is 9.04. The quantitative estimate of drug-likeness (QED) is 0.282. The molecule has 2 aromatic heterocycles. The second-order valence-electron chi connectivity index (χ2n) is 6.16. The molecule has 0 aromatic carbocycles. The third kappa shape index (κ3) is 5.21. The predicted octanol–water partition coefficient (Wildman–Crippen LogP) is 3.28. The monoisotopic (exact) mass is 409 g/mol. The van der Waals surface area contributed by atoms with Gasteiger partial charge >= 0.3 is 0 Å². The van der Waals surface area contributed by atoms with E-state index in [0.29, 0.717) is 43.3 Å². The Labute approximate surface area is 168 Å². The van der Waals surface area contributed by atoms with Crippen molar-refractivity contribution in [2.75, 3.05) is 19.8 Å². The number of carbonyl (C=O) groups excluding carboxylic acids is 1. The molecule has 6 nitrogen and oxygen atoms in total. The van der Waals surface area contributed by atoms with Gasteiger partial charge in [0.15, 0.2) is 5.16 Å². The molecule has 148 valence electrons. The number of rotatable bonds is 10. The van der Waals surface area contributed by atoms with Crippen LogP contribution in [0.2, 0.25) is 0 Å². The van der Waals surface area contributed by atoms with Crippen molar-refractivity contribution in [3.63, 3.8) is 0 Å². The van der Waals surface area contributed by atoms with Gasteiger partial charge < -0.3 is 10.1 Å². The van der Waals surface area contributed by atoms with Crippen molar-refractivity contribution in [2.45, 2.75) is 51.1 Å². The molecule has 2 aromatic rings. The van der Waals surface area contributed by atoms with Crippen LogP contribution in [-0.2, 0) is 16.1 Å². The summed E-state index contributed by atoms with van der Waals surface area (Å²) >= 11 is 2.83. The molecule has 0 spiro atoms. The van der Waals surface area contributed by atoms with Gasteiger partial charge in [0.25, 0.3) is 5.56 Å². The highest BCUT2D eigenvalue weighted by molar-refractivity contribution is 8.00. The van der Waals surface area contributed by atoms with Crippen molar-refractivity contribution < 1.29 is 9.53 Å². The molecule has 2 rings (SSSR count). The van der Waals surface area contributed by atoms with Crippen molar-refractivity contribution in [3.8, 4) is 0 Å². The first-order valence-corrected chi connectivity index (χ1v) is 10.7. The normalized spacial score (nSPS) is 12.3. The molecule has 0 fully saturated rings. The molecule has 1 N–H and O–H groups in total. The molecular weight excluding hydrogens is 382 g/mol. The second kappa shape index (κ2) is 10.1. The van der Waals surface area contributed by atoms with Crippen LogP contribution in [0.15, 0.2) is 22.6 Å². The highest BCUT2D eigenvalue weighted by Crippen LogP contribution is 2.29. The zero-order valence-electron chi connectivity index (χ0n) is 16.3. The number of nitrogens with zero attached hydrogens (tertiary/aromatic N) is 2. The van der Waals surface area contributed by atoms with Gasteiger partial charge in [-0.05, 0) is 39.7 Å². The summed E-state index contributed by atoms with van der Waals surface area (Å²) in [7, 11) is 0. The molecule has 0 aliphatic carbocycles. The number of fused-ring (bicyclic) bond motifs is 1. The first kappa shape index (κ1) is 21.7. The van der Waals surface area contributed by atoms with Crippen molar-refractivity contribution in [1.82, 2.24) is 14.9 Å². The summed E-state index contributed by atoms with van der Waals surface area (Å²) in [5.41, 5.74) is 0.943. The number of amides is 1. The van der Waals surface area contributed by atoms with Crippen LogP contribution >= 0.6 is 23.1 Å². The van der Waals surface area contributed by atoms with Gasteiger partial charge in [0.05, 0.1) is 10.6 Å². The number of nitrogens with one attached hydrogen (secondary N) is 1. The molecule has 2 heterocycles. The number of thiophene rings is 1. The molecule has 0 bridgehead atoms. The van der Waals surface area contributed by atoms with E-state index in [1.807, 2.05) is 27.7 Å². The molecule has 0 saturated carbocycles. The predicted molar refractivity (Wildman–Crippen MR) is 113 cm³/mol. The lowest BCUT2D eigenvalue weighted by Crippen LogP contribution is -2.32. The molecule has 8 heteroatoms. The maximum atomic E-state index is 13.1. The Morgan fingerprint density at radius 1 is 1.48 bits per heavy atom. The van der Waals surface area contributed by atoms with Crippen molar-refractivity contribution in [1.29, 1.82) is 0 Å². The van der Waals surface area contributed by atoms with Crippen molar-refractivity contribution >= 4 is 39.2 Å². The number of hydrogen-bond donors (Lipinski definition) is 1.